The lowest BCUT2D eigenvalue weighted by atomic mass is 10.1. The van der Waals surface area contributed by atoms with Gasteiger partial charge in [-0.25, -0.2) is 13.4 Å². The third-order valence-corrected chi connectivity index (χ3v) is 6.15. The molecule has 1 unspecified atom stereocenters. The maximum atomic E-state index is 12.3. The molecule has 1 aliphatic rings. The molecule has 8 heteroatoms. The van der Waals surface area contributed by atoms with E-state index in [1.165, 1.54) is 4.90 Å². The highest BCUT2D eigenvalue weighted by molar-refractivity contribution is 7.91. The van der Waals surface area contributed by atoms with E-state index in [2.05, 4.69) is 9.97 Å². The molecule has 1 aromatic carbocycles. The summed E-state index contributed by atoms with van der Waals surface area (Å²) in [4.78, 5) is 32.9. The van der Waals surface area contributed by atoms with Crippen molar-refractivity contribution in [1.82, 2.24) is 14.9 Å². The second-order valence-corrected chi connectivity index (χ2v) is 8.32. The SMILES string of the molecule is CN(C(=O)CCc1nc2ccccc2[nH]c1=O)C1CCS(=O)(=O)C1. The van der Waals surface area contributed by atoms with E-state index in [-0.39, 0.29) is 41.9 Å². The van der Waals surface area contributed by atoms with Gasteiger partial charge in [-0.15, -0.1) is 0 Å². The van der Waals surface area contributed by atoms with Gasteiger partial charge in [0.15, 0.2) is 9.84 Å². The molecule has 3 rings (SSSR count). The first-order valence-corrected chi connectivity index (χ1v) is 9.62. The average molecular weight is 349 g/mol. The Balaban J connectivity index is 1.68. The summed E-state index contributed by atoms with van der Waals surface area (Å²) in [7, 11) is -1.42. The summed E-state index contributed by atoms with van der Waals surface area (Å²) >= 11 is 0. The van der Waals surface area contributed by atoms with Gasteiger partial charge in [0.1, 0.15) is 5.69 Å². The lowest BCUT2D eigenvalue weighted by Crippen LogP contribution is -2.38. The van der Waals surface area contributed by atoms with Gasteiger partial charge in [-0.2, -0.15) is 0 Å². The summed E-state index contributed by atoms with van der Waals surface area (Å²) in [5, 5.41) is 0. The van der Waals surface area contributed by atoms with Crippen molar-refractivity contribution in [3.63, 3.8) is 0 Å². The number of hydrogen-bond acceptors (Lipinski definition) is 5. The molecule has 1 N–H and O–H groups in total. The van der Waals surface area contributed by atoms with E-state index in [4.69, 9.17) is 0 Å². The van der Waals surface area contributed by atoms with E-state index in [0.29, 0.717) is 23.1 Å². The minimum atomic E-state index is -3.03. The van der Waals surface area contributed by atoms with Crippen LogP contribution in [0.3, 0.4) is 0 Å². The van der Waals surface area contributed by atoms with Crippen molar-refractivity contribution in [2.45, 2.75) is 25.3 Å². The molecule has 1 amide bonds. The van der Waals surface area contributed by atoms with Crippen molar-refractivity contribution in [3.8, 4) is 0 Å². The highest BCUT2D eigenvalue weighted by Gasteiger charge is 2.32. The number of carbonyl (C=O) groups is 1. The van der Waals surface area contributed by atoms with Gasteiger partial charge in [0.05, 0.1) is 22.5 Å². The summed E-state index contributed by atoms with van der Waals surface area (Å²) in [6, 6.07) is 6.94. The molecule has 0 saturated carbocycles. The largest absolute Gasteiger partial charge is 0.342 e. The number of benzene rings is 1. The molecule has 1 aromatic heterocycles. The van der Waals surface area contributed by atoms with Gasteiger partial charge in [-0.1, -0.05) is 12.1 Å². The Bertz CT molecular complexity index is 936. The predicted molar refractivity (Wildman–Crippen MR) is 90.5 cm³/mol. The molecule has 0 bridgehead atoms. The van der Waals surface area contributed by atoms with Gasteiger partial charge >= 0.3 is 0 Å². The summed E-state index contributed by atoms with van der Waals surface area (Å²) in [6.45, 7) is 0. The topological polar surface area (TPSA) is 100 Å². The van der Waals surface area contributed by atoms with Crippen molar-refractivity contribution < 1.29 is 13.2 Å². The first-order valence-electron chi connectivity index (χ1n) is 7.80. The molecule has 2 aromatic rings. The summed E-state index contributed by atoms with van der Waals surface area (Å²) in [5.41, 5.74) is 1.35. The van der Waals surface area contributed by atoms with Crippen LogP contribution in [0.15, 0.2) is 29.1 Å². The van der Waals surface area contributed by atoms with Gasteiger partial charge < -0.3 is 9.88 Å². The highest BCUT2D eigenvalue weighted by Crippen LogP contribution is 2.17. The molecule has 1 atom stereocenters. The fourth-order valence-corrected chi connectivity index (χ4v) is 4.70. The van der Waals surface area contributed by atoms with Crippen LogP contribution in [0.4, 0.5) is 0 Å². The average Bonchev–Trinajstić information content (AvgIpc) is 2.91. The van der Waals surface area contributed by atoms with Gasteiger partial charge in [-0.3, -0.25) is 9.59 Å². The third-order valence-electron chi connectivity index (χ3n) is 4.39. The lowest BCUT2D eigenvalue weighted by molar-refractivity contribution is -0.131. The van der Waals surface area contributed by atoms with Gasteiger partial charge in [0.25, 0.3) is 5.56 Å². The van der Waals surface area contributed by atoms with Crippen molar-refractivity contribution in [2.75, 3.05) is 18.6 Å². The number of amides is 1. The molecule has 7 nitrogen and oxygen atoms in total. The number of sulfone groups is 1. The zero-order chi connectivity index (χ0) is 17.3. The number of hydrogen-bond donors (Lipinski definition) is 1. The van der Waals surface area contributed by atoms with Crippen LogP contribution in [0.2, 0.25) is 0 Å². The van der Waals surface area contributed by atoms with Crippen LogP contribution in [0, 0.1) is 0 Å². The Hall–Kier alpha value is -2.22. The lowest BCUT2D eigenvalue weighted by Gasteiger charge is -2.23. The molecule has 0 aliphatic carbocycles. The minimum Gasteiger partial charge on any atom is -0.342 e. The summed E-state index contributed by atoms with van der Waals surface area (Å²) in [5.74, 6) is -0.0305. The first kappa shape index (κ1) is 16.6. The molecule has 1 aliphatic heterocycles. The molecule has 0 spiro atoms. The van der Waals surface area contributed by atoms with Crippen molar-refractivity contribution in [2.24, 2.45) is 0 Å². The van der Waals surface area contributed by atoms with Gasteiger partial charge in [0, 0.05) is 25.9 Å². The maximum Gasteiger partial charge on any atom is 0.270 e. The zero-order valence-electron chi connectivity index (χ0n) is 13.4. The fourth-order valence-electron chi connectivity index (χ4n) is 2.92. The van der Waals surface area contributed by atoms with Crippen LogP contribution in [0.5, 0.6) is 0 Å². The number of nitrogens with zero attached hydrogens (tertiary/aromatic N) is 2. The normalized spacial score (nSPS) is 19.5. The number of aromatic amines is 1. The molecule has 128 valence electrons. The van der Waals surface area contributed by atoms with Crippen LogP contribution >= 0.6 is 0 Å². The molecule has 24 heavy (non-hydrogen) atoms. The van der Waals surface area contributed by atoms with E-state index in [9.17, 15) is 18.0 Å². The highest BCUT2D eigenvalue weighted by atomic mass is 32.2. The van der Waals surface area contributed by atoms with Crippen LogP contribution in [0.25, 0.3) is 11.0 Å². The number of fused-ring (bicyclic) bond motifs is 1. The van der Waals surface area contributed by atoms with Crippen molar-refractivity contribution in [1.29, 1.82) is 0 Å². The van der Waals surface area contributed by atoms with E-state index in [1.807, 2.05) is 12.1 Å². The number of H-pyrrole nitrogens is 1. The molecular formula is C16H19N3O4S. The Morgan fingerprint density at radius 3 is 2.83 bits per heavy atom. The Kier molecular flexibility index (Phi) is 4.40. The molecule has 0 radical (unpaired) electrons. The predicted octanol–water partition coefficient (Wildman–Crippen LogP) is 0.501. The molecular weight excluding hydrogens is 330 g/mol. The van der Waals surface area contributed by atoms with Crippen LogP contribution < -0.4 is 5.56 Å². The van der Waals surface area contributed by atoms with Crippen molar-refractivity contribution in [3.05, 3.63) is 40.3 Å². The van der Waals surface area contributed by atoms with Crippen molar-refractivity contribution >= 4 is 26.8 Å². The first-order chi connectivity index (χ1) is 11.4. The smallest absolute Gasteiger partial charge is 0.270 e. The minimum absolute atomic E-state index is 0.0179. The molecule has 2 heterocycles. The monoisotopic (exact) mass is 349 g/mol. The van der Waals surface area contributed by atoms with Gasteiger partial charge in [0.2, 0.25) is 5.91 Å². The second kappa shape index (κ2) is 6.35. The zero-order valence-corrected chi connectivity index (χ0v) is 14.2. The number of carbonyl (C=O) groups excluding carboxylic acids is 1. The van der Waals surface area contributed by atoms with E-state index < -0.39 is 9.84 Å². The Morgan fingerprint density at radius 2 is 2.12 bits per heavy atom. The summed E-state index contributed by atoms with van der Waals surface area (Å²) < 4.78 is 23.0. The van der Waals surface area contributed by atoms with Crippen LogP contribution in [-0.4, -0.2) is 53.8 Å². The standard InChI is InChI=1S/C16H19N3O4S/c1-19(11-8-9-24(22,23)10-11)15(20)7-6-14-16(21)18-13-5-3-2-4-12(13)17-14/h2-5,11H,6-10H2,1H3,(H,18,21). The number of aryl methyl sites for hydroxylation is 1. The van der Waals surface area contributed by atoms with Crippen LogP contribution in [0.1, 0.15) is 18.5 Å². The number of nitrogens with one attached hydrogen (secondary N) is 1. The van der Waals surface area contributed by atoms with E-state index >= 15 is 0 Å². The Labute approximate surface area is 139 Å². The van der Waals surface area contributed by atoms with Gasteiger partial charge in [-0.05, 0) is 18.6 Å². The number of rotatable bonds is 4. The second-order valence-electron chi connectivity index (χ2n) is 6.09. The number of para-hydroxylation sites is 2. The third kappa shape index (κ3) is 3.48. The fraction of sp³-hybridized carbons (Fsp3) is 0.438. The molecule has 1 fully saturated rings. The summed E-state index contributed by atoms with van der Waals surface area (Å²) in [6.07, 6.45) is 0.823. The van der Waals surface area contributed by atoms with Crippen LogP contribution in [-0.2, 0) is 21.1 Å². The number of aromatic nitrogens is 2. The molecule has 1 saturated heterocycles. The maximum absolute atomic E-state index is 12.3. The van der Waals surface area contributed by atoms with E-state index in [1.54, 1.807) is 19.2 Å². The Morgan fingerprint density at radius 1 is 1.38 bits per heavy atom. The van der Waals surface area contributed by atoms with E-state index in [0.717, 1.165) is 0 Å². The quantitative estimate of drug-likeness (QED) is 0.866.